The Morgan fingerprint density at radius 1 is 1.33 bits per heavy atom. The second kappa shape index (κ2) is 6.18. The van der Waals surface area contributed by atoms with Gasteiger partial charge in [0.15, 0.2) is 5.17 Å². The monoisotopic (exact) mass is 355 g/mol. The molecule has 4 nitrogen and oxygen atoms in total. The summed E-state index contributed by atoms with van der Waals surface area (Å²) < 4.78 is 0. The fourth-order valence-electron chi connectivity index (χ4n) is 2.45. The van der Waals surface area contributed by atoms with Gasteiger partial charge in [0.05, 0.1) is 21.3 Å². The number of nitrogens with zero attached hydrogens (tertiary/aromatic N) is 2. The van der Waals surface area contributed by atoms with Crippen LogP contribution in [0.25, 0.3) is 6.08 Å². The molecule has 2 aromatic rings. The average molecular weight is 355 g/mol. The van der Waals surface area contributed by atoms with Gasteiger partial charge in [0.2, 0.25) is 0 Å². The van der Waals surface area contributed by atoms with Gasteiger partial charge in [-0.25, -0.2) is 9.98 Å². The first kappa shape index (κ1) is 15.6. The topological polar surface area (TPSA) is 54.4 Å². The van der Waals surface area contributed by atoms with Gasteiger partial charge in [-0.2, -0.15) is 0 Å². The van der Waals surface area contributed by atoms with E-state index < -0.39 is 0 Å². The number of benzene rings is 1. The van der Waals surface area contributed by atoms with Crippen molar-refractivity contribution in [1.82, 2.24) is 10.3 Å². The molecule has 1 saturated carbocycles. The fraction of sp³-hybridized carbons (Fsp3) is 0.278. The van der Waals surface area contributed by atoms with Crippen LogP contribution in [0.5, 0.6) is 0 Å². The Balaban J connectivity index is 1.56. The Kier molecular flexibility index (Phi) is 4.02. The highest BCUT2D eigenvalue weighted by atomic mass is 32.2. The fourth-order valence-corrected chi connectivity index (χ4v) is 4.22. The van der Waals surface area contributed by atoms with E-state index in [1.165, 1.54) is 29.6 Å². The third-order valence-electron chi connectivity index (χ3n) is 3.98. The minimum Gasteiger partial charge on any atom is -0.300 e. The molecule has 1 amide bonds. The molecule has 1 saturated heterocycles. The molecule has 1 aromatic carbocycles. The van der Waals surface area contributed by atoms with Crippen molar-refractivity contribution in [2.24, 2.45) is 4.99 Å². The van der Waals surface area contributed by atoms with Gasteiger partial charge in [-0.3, -0.25) is 4.79 Å². The number of amides is 1. The number of thioether (sulfide) groups is 1. The maximum Gasteiger partial charge on any atom is 0.264 e. The van der Waals surface area contributed by atoms with Gasteiger partial charge in [0.25, 0.3) is 5.91 Å². The van der Waals surface area contributed by atoms with E-state index in [0.717, 1.165) is 22.5 Å². The van der Waals surface area contributed by atoms with E-state index in [-0.39, 0.29) is 5.91 Å². The van der Waals surface area contributed by atoms with Crippen LogP contribution in [0.1, 0.15) is 40.6 Å². The molecule has 1 aliphatic heterocycles. The lowest BCUT2D eigenvalue weighted by molar-refractivity contribution is -0.115. The first-order valence-corrected chi connectivity index (χ1v) is 9.60. The summed E-state index contributed by atoms with van der Waals surface area (Å²) in [6, 6.07) is 6.13. The Hall–Kier alpha value is -1.92. The quantitative estimate of drug-likeness (QED) is 0.823. The summed E-state index contributed by atoms with van der Waals surface area (Å²) in [6.07, 6.45) is 4.34. The molecule has 0 spiro atoms. The van der Waals surface area contributed by atoms with Gasteiger partial charge in [0, 0.05) is 11.3 Å². The van der Waals surface area contributed by atoms with Gasteiger partial charge in [-0.15, -0.1) is 11.3 Å². The Bertz CT molecular complexity index is 878. The molecule has 1 N–H and O–H groups in total. The largest absolute Gasteiger partial charge is 0.300 e. The zero-order valence-corrected chi connectivity index (χ0v) is 15.1. The van der Waals surface area contributed by atoms with Crippen LogP contribution in [0, 0.1) is 13.8 Å². The lowest BCUT2D eigenvalue weighted by atomic mass is 10.1. The number of hydrogen-bond acceptors (Lipinski definition) is 5. The molecule has 0 bridgehead atoms. The summed E-state index contributed by atoms with van der Waals surface area (Å²) in [5.74, 6) is 0.540. The first-order valence-electron chi connectivity index (χ1n) is 7.91. The molecule has 2 heterocycles. The van der Waals surface area contributed by atoms with Crippen LogP contribution >= 0.6 is 23.1 Å². The lowest BCUT2D eigenvalue weighted by Crippen LogP contribution is -2.19. The van der Waals surface area contributed by atoms with Crippen molar-refractivity contribution in [2.45, 2.75) is 32.6 Å². The average Bonchev–Trinajstić information content (AvgIpc) is 3.20. The summed E-state index contributed by atoms with van der Waals surface area (Å²) >= 11 is 3.06. The molecule has 4 rings (SSSR count). The number of aromatic nitrogens is 1. The van der Waals surface area contributed by atoms with Crippen LogP contribution in [0.15, 0.2) is 33.5 Å². The normalized spacial score (nSPS) is 20.8. The molecule has 0 atom stereocenters. The summed E-state index contributed by atoms with van der Waals surface area (Å²) in [7, 11) is 0. The molecule has 122 valence electrons. The smallest absolute Gasteiger partial charge is 0.264 e. The number of nitrogens with one attached hydrogen (secondary N) is 1. The second-order valence-corrected chi connectivity index (χ2v) is 8.08. The number of amidine groups is 1. The van der Waals surface area contributed by atoms with E-state index in [2.05, 4.69) is 21.4 Å². The van der Waals surface area contributed by atoms with Crippen LogP contribution in [-0.4, -0.2) is 16.1 Å². The van der Waals surface area contributed by atoms with E-state index in [1.54, 1.807) is 11.3 Å². The number of aliphatic imine (C=N–C) groups is 1. The van der Waals surface area contributed by atoms with Crippen molar-refractivity contribution < 1.29 is 4.79 Å². The van der Waals surface area contributed by atoms with E-state index in [0.29, 0.717) is 16.0 Å². The molecular weight excluding hydrogens is 338 g/mol. The van der Waals surface area contributed by atoms with Gasteiger partial charge in [0.1, 0.15) is 0 Å². The van der Waals surface area contributed by atoms with Crippen molar-refractivity contribution in [1.29, 1.82) is 0 Å². The number of hydrogen-bond donors (Lipinski definition) is 1. The number of rotatable bonds is 3. The van der Waals surface area contributed by atoms with Gasteiger partial charge >= 0.3 is 0 Å². The van der Waals surface area contributed by atoms with Crippen molar-refractivity contribution in [2.75, 3.05) is 0 Å². The minimum absolute atomic E-state index is 0.106. The third-order valence-corrected chi connectivity index (χ3v) is 5.92. The minimum atomic E-state index is -0.106. The molecule has 6 heteroatoms. The number of thiazole rings is 1. The maximum atomic E-state index is 12.2. The van der Waals surface area contributed by atoms with E-state index in [9.17, 15) is 4.79 Å². The van der Waals surface area contributed by atoms with E-state index in [1.807, 2.05) is 37.4 Å². The van der Waals surface area contributed by atoms with Crippen molar-refractivity contribution in [3.63, 3.8) is 0 Å². The van der Waals surface area contributed by atoms with Crippen molar-refractivity contribution in [3.05, 3.63) is 50.3 Å². The molecule has 24 heavy (non-hydrogen) atoms. The van der Waals surface area contributed by atoms with E-state index >= 15 is 0 Å². The SMILES string of the molecule is Cc1ccc(C)c(N=C2NC(=O)C(=Cc3csc(C4CC4)n3)S2)c1. The Morgan fingerprint density at radius 2 is 2.17 bits per heavy atom. The van der Waals surface area contributed by atoms with Crippen LogP contribution in [0.4, 0.5) is 5.69 Å². The molecule has 1 aliphatic carbocycles. The van der Waals surface area contributed by atoms with Crippen LogP contribution in [0.2, 0.25) is 0 Å². The van der Waals surface area contributed by atoms with Gasteiger partial charge in [-0.05, 0) is 61.7 Å². The number of carbonyl (C=O) groups is 1. The summed E-state index contributed by atoms with van der Waals surface area (Å²) in [5, 5.41) is 6.68. The highest BCUT2D eigenvalue weighted by molar-refractivity contribution is 8.18. The van der Waals surface area contributed by atoms with Crippen molar-refractivity contribution >= 4 is 45.9 Å². The van der Waals surface area contributed by atoms with Gasteiger partial charge < -0.3 is 5.32 Å². The maximum absolute atomic E-state index is 12.2. The molecule has 0 unspecified atom stereocenters. The lowest BCUT2D eigenvalue weighted by Gasteiger charge is -2.02. The Labute approximate surface area is 149 Å². The number of aryl methyl sites for hydroxylation is 2. The Morgan fingerprint density at radius 3 is 2.96 bits per heavy atom. The van der Waals surface area contributed by atoms with Crippen LogP contribution in [-0.2, 0) is 4.79 Å². The predicted molar refractivity (Wildman–Crippen MR) is 101 cm³/mol. The molecule has 2 fully saturated rings. The highest BCUT2D eigenvalue weighted by Gasteiger charge is 2.27. The summed E-state index contributed by atoms with van der Waals surface area (Å²) in [6.45, 7) is 4.06. The first-order chi connectivity index (χ1) is 11.6. The van der Waals surface area contributed by atoms with Crippen molar-refractivity contribution in [3.8, 4) is 0 Å². The zero-order valence-electron chi connectivity index (χ0n) is 13.5. The molecule has 2 aliphatic rings. The standard InChI is InChI=1S/C18H17N3OS2/c1-10-3-4-11(2)14(7-10)20-18-21-16(22)15(24-18)8-13-9-23-17(19-13)12-5-6-12/h3-4,7-9,12H,5-6H2,1-2H3,(H,20,21,22). The number of carbonyl (C=O) groups excluding carboxylic acids is 1. The molecular formula is C18H17N3OS2. The molecule has 0 radical (unpaired) electrons. The predicted octanol–water partition coefficient (Wildman–Crippen LogP) is 4.53. The van der Waals surface area contributed by atoms with Gasteiger partial charge in [-0.1, -0.05) is 12.1 Å². The highest BCUT2D eigenvalue weighted by Crippen LogP contribution is 2.41. The second-order valence-electron chi connectivity index (χ2n) is 6.16. The third kappa shape index (κ3) is 3.30. The zero-order chi connectivity index (χ0) is 16.7. The van der Waals surface area contributed by atoms with E-state index in [4.69, 9.17) is 0 Å². The van der Waals surface area contributed by atoms with Crippen LogP contribution < -0.4 is 5.32 Å². The van der Waals surface area contributed by atoms with Crippen LogP contribution in [0.3, 0.4) is 0 Å². The molecule has 1 aromatic heterocycles. The summed E-state index contributed by atoms with van der Waals surface area (Å²) in [4.78, 5) is 22.0. The summed E-state index contributed by atoms with van der Waals surface area (Å²) in [5.41, 5.74) is 4.00.